The molecule has 152 valence electrons. The fourth-order valence-electron chi connectivity index (χ4n) is 3.30. The van der Waals surface area contributed by atoms with Crippen molar-refractivity contribution in [2.24, 2.45) is 7.05 Å². The maximum Gasteiger partial charge on any atom is 0.262 e. The van der Waals surface area contributed by atoms with E-state index in [4.69, 9.17) is 26.1 Å². The van der Waals surface area contributed by atoms with Gasteiger partial charge in [-0.15, -0.1) is 0 Å². The maximum atomic E-state index is 12.2. The number of nitrogens with zero attached hydrogens (tertiary/aromatic N) is 3. The summed E-state index contributed by atoms with van der Waals surface area (Å²) in [4.78, 5) is 19.3. The van der Waals surface area contributed by atoms with Crippen molar-refractivity contribution in [2.75, 3.05) is 38.2 Å². The number of rotatable bonds is 6. The van der Waals surface area contributed by atoms with Gasteiger partial charge in [0.05, 0.1) is 30.8 Å². The van der Waals surface area contributed by atoms with E-state index in [0.29, 0.717) is 16.5 Å². The van der Waals surface area contributed by atoms with Gasteiger partial charge in [0.2, 0.25) is 0 Å². The van der Waals surface area contributed by atoms with Gasteiger partial charge in [-0.3, -0.25) is 9.69 Å². The molecule has 0 aliphatic carbocycles. The van der Waals surface area contributed by atoms with E-state index in [2.05, 4.69) is 14.8 Å². The van der Waals surface area contributed by atoms with Crippen molar-refractivity contribution in [3.63, 3.8) is 0 Å². The van der Waals surface area contributed by atoms with Crippen molar-refractivity contribution in [3.8, 4) is 5.75 Å². The first-order chi connectivity index (χ1) is 14.1. The van der Waals surface area contributed by atoms with E-state index in [1.807, 2.05) is 25.2 Å². The van der Waals surface area contributed by atoms with Crippen LogP contribution in [0.2, 0.25) is 5.02 Å². The smallest absolute Gasteiger partial charge is 0.262 e. The third-order valence-electron chi connectivity index (χ3n) is 4.91. The number of ether oxygens (including phenoxy) is 2. The SMILES string of the molecule is Cn1c(CN2CCOCC2)nc2cc(NC(=O)COc3ccc(Cl)cc3)ccc21. The summed E-state index contributed by atoms with van der Waals surface area (Å²) in [6, 6.07) is 12.6. The molecule has 1 aliphatic heterocycles. The Balaban J connectivity index is 1.40. The average molecular weight is 415 g/mol. The molecular formula is C21H23ClN4O3. The summed E-state index contributed by atoms with van der Waals surface area (Å²) >= 11 is 5.85. The molecule has 0 bridgehead atoms. The van der Waals surface area contributed by atoms with E-state index in [0.717, 1.165) is 49.7 Å². The van der Waals surface area contributed by atoms with Gasteiger partial charge in [0.1, 0.15) is 11.6 Å². The van der Waals surface area contributed by atoms with Crippen LogP contribution in [-0.4, -0.2) is 53.3 Å². The monoisotopic (exact) mass is 414 g/mol. The molecular weight excluding hydrogens is 392 g/mol. The highest BCUT2D eigenvalue weighted by molar-refractivity contribution is 6.30. The highest BCUT2D eigenvalue weighted by Gasteiger charge is 2.15. The Morgan fingerprint density at radius 1 is 1.21 bits per heavy atom. The molecule has 29 heavy (non-hydrogen) atoms. The van der Waals surface area contributed by atoms with Crippen LogP contribution in [0.3, 0.4) is 0 Å². The molecule has 8 heteroatoms. The third kappa shape index (κ3) is 4.87. The summed E-state index contributed by atoms with van der Waals surface area (Å²) in [5, 5.41) is 3.48. The summed E-state index contributed by atoms with van der Waals surface area (Å²) in [5.41, 5.74) is 2.58. The Morgan fingerprint density at radius 2 is 1.97 bits per heavy atom. The van der Waals surface area contributed by atoms with Gasteiger partial charge in [0.15, 0.2) is 6.61 Å². The lowest BCUT2D eigenvalue weighted by molar-refractivity contribution is -0.118. The van der Waals surface area contributed by atoms with E-state index in [9.17, 15) is 4.79 Å². The zero-order chi connectivity index (χ0) is 20.2. The Morgan fingerprint density at radius 3 is 2.72 bits per heavy atom. The van der Waals surface area contributed by atoms with Crippen LogP contribution in [0.1, 0.15) is 5.82 Å². The lowest BCUT2D eigenvalue weighted by Gasteiger charge is -2.26. The number of benzene rings is 2. The van der Waals surface area contributed by atoms with Gasteiger partial charge in [0.25, 0.3) is 5.91 Å². The zero-order valence-corrected chi connectivity index (χ0v) is 17.0. The number of anilines is 1. The number of aromatic nitrogens is 2. The first-order valence-corrected chi connectivity index (χ1v) is 9.90. The van der Waals surface area contributed by atoms with Crippen LogP contribution < -0.4 is 10.1 Å². The van der Waals surface area contributed by atoms with Gasteiger partial charge in [-0.05, 0) is 42.5 Å². The van der Waals surface area contributed by atoms with Crippen molar-refractivity contribution in [2.45, 2.75) is 6.54 Å². The van der Waals surface area contributed by atoms with Gasteiger partial charge in [-0.2, -0.15) is 0 Å². The molecule has 1 amide bonds. The zero-order valence-electron chi connectivity index (χ0n) is 16.2. The number of halogens is 1. The average Bonchev–Trinajstić information content (AvgIpc) is 3.03. The number of morpholine rings is 1. The highest BCUT2D eigenvalue weighted by Crippen LogP contribution is 2.21. The Hall–Kier alpha value is -2.61. The first-order valence-electron chi connectivity index (χ1n) is 9.52. The Kier molecular flexibility index (Phi) is 5.99. The summed E-state index contributed by atoms with van der Waals surface area (Å²) in [7, 11) is 2.02. The number of fused-ring (bicyclic) bond motifs is 1. The molecule has 0 unspecified atom stereocenters. The van der Waals surface area contributed by atoms with Gasteiger partial charge < -0.3 is 19.4 Å². The van der Waals surface area contributed by atoms with Crippen molar-refractivity contribution in [1.82, 2.24) is 14.5 Å². The minimum atomic E-state index is -0.233. The van der Waals surface area contributed by atoms with E-state index in [-0.39, 0.29) is 12.5 Å². The molecule has 1 saturated heterocycles. The maximum absolute atomic E-state index is 12.2. The van der Waals surface area contributed by atoms with Gasteiger partial charge in [-0.25, -0.2) is 4.98 Å². The lowest BCUT2D eigenvalue weighted by Crippen LogP contribution is -2.36. The van der Waals surface area contributed by atoms with E-state index < -0.39 is 0 Å². The summed E-state index contributed by atoms with van der Waals surface area (Å²) in [6.07, 6.45) is 0. The largest absolute Gasteiger partial charge is 0.484 e. The van der Waals surface area contributed by atoms with E-state index >= 15 is 0 Å². The van der Waals surface area contributed by atoms with Gasteiger partial charge in [-0.1, -0.05) is 11.6 Å². The number of carbonyl (C=O) groups excluding carboxylic acids is 1. The molecule has 1 fully saturated rings. The molecule has 0 atom stereocenters. The Labute approximate surface area is 174 Å². The molecule has 4 rings (SSSR count). The summed E-state index contributed by atoms with van der Waals surface area (Å²) < 4.78 is 13.0. The molecule has 2 aromatic carbocycles. The predicted molar refractivity (Wildman–Crippen MR) is 112 cm³/mol. The molecule has 0 spiro atoms. The molecule has 2 heterocycles. The standard InChI is InChI=1S/C21H23ClN4O3/c1-25-19-7-4-16(23-21(27)14-29-17-5-2-15(22)3-6-17)12-18(19)24-20(25)13-26-8-10-28-11-9-26/h2-7,12H,8-11,13-14H2,1H3,(H,23,27). The van der Waals surface area contributed by atoms with Crippen LogP contribution >= 0.6 is 11.6 Å². The normalized spacial score (nSPS) is 14.8. The quantitative estimate of drug-likeness (QED) is 0.671. The molecule has 1 aliphatic rings. The number of aryl methyl sites for hydroxylation is 1. The summed E-state index contributed by atoms with van der Waals surface area (Å²) in [6.45, 7) is 4.06. The fraction of sp³-hybridized carbons (Fsp3) is 0.333. The number of hydrogen-bond acceptors (Lipinski definition) is 5. The number of imidazole rings is 1. The van der Waals surface area contributed by atoms with Crippen LogP contribution in [0.5, 0.6) is 5.75 Å². The molecule has 1 aromatic heterocycles. The third-order valence-corrected chi connectivity index (χ3v) is 5.16. The van der Waals surface area contributed by atoms with Crippen LogP contribution in [0.25, 0.3) is 11.0 Å². The topological polar surface area (TPSA) is 68.6 Å². The van der Waals surface area contributed by atoms with Gasteiger partial charge in [0, 0.05) is 30.8 Å². The first kappa shape index (κ1) is 19.7. The number of nitrogens with one attached hydrogen (secondary N) is 1. The minimum absolute atomic E-state index is 0.0792. The van der Waals surface area contributed by atoms with Crippen molar-refractivity contribution in [1.29, 1.82) is 0 Å². The summed E-state index contributed by atoms with van der Waals surface area (Å²) in [5.74, 6) is 1.36. The highest BCUT2D eigenvalue weighted by atomic mass is 35.5. The molecule has 7 nitrogen and oxygen atoms in total. The van der Waals surface area contributed by atoms with E-state index in [1.165, 1.54) is 0 Å². The van der Waals surface area contributed by atoms with Crippen LogP contribution in [0.4, 0.5) is 5.69 Å². The molecule has 3 aromatic rings. The minimum Gasteiger partial charge on any atom is -0.484 e. The molecule has 1 N–H and O–H groups in total. The second-order valence-corrected chi connectivity index (χ2v) is 7.41. The van der Waals surface area contributed by atoms with Crippen molar-refractivity contribution < 1.29 is 14.3 Å². The predicted octanol–water partition coefficient (Wildman–Crippen LogP) is 3.08. The van der Waals surface area contributed by atoms with Crippen LogP contribution in [0, 0.1) is 0 Å². The van der Waals surface area contributed by atoms with Crippen LogP contribution in [-0.2, 0) is 23.1 Å². The molecule has 0 saturated carbocycles. The number of hydrogen-bond donors (Lipinski definition) is 1. The van der Waals surface area contributed by atoms with Crippen molar-refractivity contribution in [3.05, 3.63) is 53.3 Å². The Bertz CT molecular complexity index is 997. The second kappa shape index (κ2) is 8.82. The fourth-order valence-corrected chi connectivity index (χ4v) is 3.43. The van der Waals surface area contributed by atoms with Crippen molar-refractivity contribution >= 4 is 34.2 Å². The lowest BCUT2D eigenvalue weighted by atomic mass is 10.2. The van der Waals surface area contributed by atoms with E-state index in [1.54, 1.807) is 24.3 Å². The molecule has 0 radical (unpaired) electrons. The number of amides is 1. The number of carbonyl (C=O) groups is 1. The van der Waals surface area contributed by atoms with Gasteiger partial charge >= 0.3 is 0 Å². The second-order valence-electron chi connectivity index (χ2n) is 6.97. The van der Waals surface area contributed by atoms with Crippen LogP contribution in [0.15, 0.2) is 42.5 Å².